The van der Waals surface area contributed by atoms with Crippen molar-refractivity contribution in [2.45, 2.75) is 19.9 Å². The highest BCUT2D eigenvalue weighted by Crippen LogP contribution is 2.27. The highest BCUT2D eigenvalue weighted by molar-refractivity contribution is 6.32. The number of anilines is 2. The van der Waals surface area contributed by atoms with E-state index in [1.165, 1.54) is 36.2 Å². The van der Waals surface area contributed by atoms with Crippen LogP contribution in [0.3, 0.4) is 0 Å². The fourth-order valence-electron chi connectivity index (χ4n) is 2.45. The zero-order chi connectivity index (χ0) is 19.4. The Bertz CT molecular complexity index is 865. The summed E-state index contributed by atoms with van der Waals surface area (Å²) >= 11 is 6.11. The maximum absolute atomic E-state index is 13.0. The number of nitrogens with zero attached hydrogens (tertiary/aromatic N) is 3. The summed E-state index contributed by atoms with van der Waals surface area (Å²) in [4.78, 5) is 18.2. The quantitative estimate of drug-likeness (QED) is 0.837. The van der Waals surface area contributed by atoms with Gasteiger partial charge >= 0.3 is 0 Å². The number of hydrogen-bond acceptors (Lipinski definition) is 5. The Balaban J connectivity index is 2.31. The largest absolute Gasteiger partial charge is 0.394 e. The Morgan fingerprint density at radius 2 is 2.04 bits per heavy atom. The van der Waals surface area contributed by atoms with Crippen LogP contribution in [0.15, 0.2) is 24.3 Å². The number of nitrogens with one attached hydrogen (secondary N) is 1. The number of aliphatic hydroxyl groups excluding tert-OH is 1. The van der Waals surface area contributed by atoms with Gasteiger partial charge in [-0.25, -0.2) is 9.37 Å². The standard InChI is InChI=1S/C18H18ClFN4O2/c1-10-14(8-21)17(22-11(2)16(10)19)23-15(9-25)18(26)24(3)13-6-4-12(20)5-7-13/h4-7,15,25H,9H2,1-3H3,(H,22,23)/t15-/m0/s1. The zero-order valence-electron chi connectivity index (χ0n) is 14.5. The first-order valence-corrected chi connectivity index (χ1v) is 8.15. The molecule has 0 spiro atoms. The number of aliphatic hydroxyl groups is 1. The molecule has 1 aromatic carbocycles. The molecule has 0 saturated heterocycles. The third-order valence-electron chi connectivity index (χ3n) is 3.99. The summed E-state index contributed by atoms with van der Waals surface area (Å²) in [6.07, 6.45) is 0. The second-order valence-corrected chi connectivity index (χ2v) is 6.10. The number of hydrogen-bond donors (Lipinski definition) is 2. The number of carbonyl (C=O) groups excluding carboxylic acids is 1. The first-order chi connectivity index (χ1) is 12.3. The summed E-state index contributed by atoms with van der Waals surface area (Å²) in [6.45, 7) is 2.85. The molecule has 6 nitrogen and oxygen atoms in total. The van der Waals surface area contributed by atoms with Gasteiger partial charge in [-0.1, -0.05) is 11.6 Å². The third kappa shape index (κ3) is 3.93. The molecule has 8 heteroatoms. The topological polar surface area (TPSA) is 89.2 Å². The lowest BCUT2D eigenvalue weighted by Gasteiger charge is -2.24. The van der Waals surface area contributed by atoms with Crippen LogP contribution in [0.4, 0.5) is 15.9 Å². The molecular formula is C18H18ClFN4O2. The number of halogens is 2. The normalized spacial score (nSPS) is 11.6. The van der Waals surface area contributed by atoms with E-state index in [1.54, 1.807) is 13.8 Å². The summed E-state index contributed by atoms with van der Waals surface area (Å²) in [6, 6.07) is 6.36. The minimum Gasteiger partial charge on any atom is -0.394 e. The molecule has 26 heavy (non-hydrogen) atoms. The van der Waals surface area contributed by atoms with Crippen molar-refractivity contribution in [3.63, 3.8) is 0 Å². The average Bonchev–Trinajstić information content (AvgIpc) is 2.63. The number of pyridine rings is 1. The van der Waals surface area contributed by atoms with Crippen molar-refractivity contribution < 1.29 is 14.3 Å². The van der Waals surface area contributed by atoms with Crippen molar-refractivity contribution in [3.8, 4) is 6.07 Å². The van der Waals surface area contributed by atoms with Crippen LogP contribution in [0.5, 0.6) is 0 Å². The predicted molar refractivity (Wildman–Crippen MR) is 97.7 cm³/mol. The van der Waals surface area contributed by atoms with Gasteiger partial charge in [0.2, 0.25) is 0 Å². The summed E-state index contributed by atoms with van der Waals surface area (Å²) in [5.41, 5.74) is 1.71. The number of nitriles is 1. The average molecular weight is 377 g/mol. The van der Waals surface area contributed by atoms with Gasteiger partial charge in [0.25, 0.3) is 5.91 Å². The van der Waals surface area contributed by atoms with E-state index in [1.807, 2.05) is 6.07 Å². The highest BCUT2D eigenvalue weighted by atomic mass is 35.5. The van der Waals surface area contributed by atoms with E-state index in [4.69, 9.17) is 11.6 Å². The first-order valence-electron chi connectivity index (χ1n) is 7.77. The first kappa shape index (κ1) is 19.6. The van der Waals surface area contributed by atoms with Gasteiger partial charge in [-0.3, -0.25) is 4.79 Å². The van der Waals surface area contributed by atoms with Crippen LogP contribution in [0.25, 0.3) is 0 Å². The van der Waals surface area contributed by atoms with E-state index in [0.29, 0.717) is 22.0 Å². The Kier molecular flexibility index (Phi) is 6.14. The van der Waals surface area contributed by atoms with Crippen LogP contribution in [0.1, 0.15) is 16.8 Å². The zero-order valence-corrected chi connectivity index (χ0v) is 15.3. The van der Waals surface area contributed by atoms with E-state index in [2.05, 4.69) is 10.3 Å². The minimum atomic E-state index is -1.04. The highest BCUT2D eigenvalue weighted by Gasteiger charge is 2.25. The lowest BCUT2D eigenvalue weighted by atomic mass is 10.1. The molecule has 0 aliphatic heterocycles. The van der Waals surface area contributed by atoms with Crippen molar-refractivity contribution in [3.05, 3.63) is 51.9 Å². The van der Waals surface area contributed by atoms with Gasteiger partial charge < -0.3 is 15.3 Å². The Morgan fingerprint density at radius 1 is 1.42 bits per heavy atom. The van der Waals surface area contributed by atoms with Gasteiger partial charge in [0.05, 0.1) is 22.9 Å². The van der Waals surface area contributed by atoms with Crippen LogP contribution in [0.2, 0.25) is 5.02 Å². The van der Waals surface area contributed by atoms with Crippen molar-refractivity contribution >= 4 is 29.0 Å². The molecule has 0 radical (unpaired) electrons. The molecule has 1 atom stereocenters. The van der Waals surface area contributed by atoms with Crippen molar-refractivity contribution in [2.75, 3.05) is 23.9 Å². The molecule has 0 bridgehead atoms. The van der Waals surface area contributed by atoms with Gasteiger partial charge in [-0.05, 0) is 43.7 Å². The Labute approximate surface area is 155 Å². The van der Waals surface area contributed by atoms with Crippen molar-refractivity contribution in [2.24, 2.45) is 0 Å². The molecule has 0 saturated carbocycles. The fraction of sp³-hybridized carbons (Fsp3) is 0.278. The molecule has 1 amide bonds. The van der Waals surface area contributed by atoms with E-state index in [0.717, 1.165) is 0 Å². The van der Waals surface area contributed by atoms with Gasteiger partial charge in [0.1, 0.15) is 23.7 Å². The SMILES string of the molecule is Cc1nc(N[C@@H](CO)C(=O)N(C)c2ccc(F)cc2)c(C#N)c(C)c1Cl. The molecule has 2 aromatic rings. The summed E-state index contributed by atoms with van der Waals surface area (Å²) in [7, 11) is 1.51. The molecular weight excluding hydrogens is 359 g/mol. The molecule has 2 N–H and O–H groups in total. The molecule has 0 unspecified atom stereocenters. The molecule has 0 aliphatic rings. The van der Waals surface area contributed by atoms with Crippen LogP contribution in [-0.4, -0.2) is 35.7 Å². The lowest BCUT2D eigenvalue weighted by molar-refractivity contribution is -0.119. The smallest absolute Gasteiger partial charge is 0.251 e. The molecule has 1 heterocycles. The summed E-state index contributed by atoms with van der Waals surface area (Å²) < 4.78 is 13.0. The third-order valence-corrected chi connectivity index (χ3v) is 4.54. The Morgan fingerprint density at radius 3 is 2.58 bits per heavy atom. The van der Waals surface area contributed by atoms with Crippen LogP contribution >= 0.6 is 11.6 Å². The van der Waals surface area contributed by atoms with Gasteiger partial charge in [-0.15, -0.1) is 0 Å². The molecule has 1 aromatic heterocycles. The fourth-order valence-corrected chi connectivity index (χ4v) is 2.59. The number of rotatable bonds is 5. The van der Waals surface area contributed by atoms with Crippen LogP contribution in [0, 0.1) is 31.0 Å². The predicted octanol–water partition coefficient (Wildman–Crippen LogP) is 2.80. The lowest BCUT2D eigenvalue weighted by Crippen LogP contribution is -2.43. The van der Waals surface area contributed by atoms with Gasteiger partial charge in [0, 0.05) is 12.7 Å². The van der Waals surface area contributed by atoms with E-state index in [-0.39, 0.29) is 11.4 Å². The van der Waals surface area contributed by atoms with Crippen molar-refractivity contribution in [1.82, 2.24) is 4.98 Å². The monoisotopic (exact) mass is 376 g/mol. The van der Waals surface area contributed by atoms with Crippen LogP contribution < -0.4 is 10.2 Å². The van der Waals surface area contributed by atoms with Crippen molar-refractivity contribution in [1.29, 1.82) is 5.26 Å². The molecule has 136 valence electrons. The van der Waals surface area contributed by atoms with Gasteiger partial charge in [-0.2, -0.15) is 5.26 Å². The Hall–Kier alpha value is -2.69. The minimum absolute atomic E-state index is 0.173. The second-order valence-electron chi connectivity index (χ2n) is 5.72. The number of aromatic nitrogens is 1. The van der Waals surface area contributed by atoms with E-state index < -0.39 is 24.4 Å². The molecule has 0 aliphatic carbocycles. The number of carbonyl (C=O) groups is 1. The number of aryl methyl sites for hydroxylation is 1. The molecule has 2 rings (SSSR count). The summed E-state index contributed by atoms with van der Waals surface area (Å²) in [5.74, 6) is -0.705. The molecule has 0 fully saturated rings. The van der Waals surface area contributed by atoms with E-state index >= 15 is 0 Å². The maximum atomic E-state index is 13.0. The second kappa shape index (κ2) is 8.13. The maximum Gasteiger partial charge on any atom is 0.251 e. The van der Waals surface area contributed by atoms with Crippen LogP contribution in [-0.2, 0) is 4.79 Å². The number of likely N-dealkylation sites (N-methyl/N-ethyl adjacent to an activating group) is 1. The number of amides is 1. The van der Waals surface area contributed by atoms with E-state index in [9.17, 15) is 19.6 Å². The number of benzene rings is 1. The summed E-state index contributed by atoms with van der Waals surface area (Å²) in [5, 5.41) is 22.2. The van der Waals surface area contributed by atoms with Gasteiger partial charge in [0.15, 0.2) is 0 Å².